The summed E-state index contributed by atoms with van der Waals surface area (Å²) in [5.41, 5.74) is 6.02. The van der Waals surface area contributed by atoms with Crippen molar-refractivity contribution in [3.05, 3.63) is 171 Å². The average molecular weight is 1030 g/mol. The molecule has 16 nitrogen and oxygen atoms in total. The van der Waals surface area contributed by atoms with Crippen LogP contribution in [-0.4, -0.2) is 77.1 Å². The first-order valence-corrected chi connectivity index (χ1v) is 26.0. The molecule has 0 bridgehead atoms. The predicted octanol–water partition coefficient (Wildman–Crippen LogP) is 10.5. The highest BCUT2D eigenvalue weighted by Gasteiger charge is 2.43. The molecule has 1 atom stereocenters. The zero-order valence-electron chi connectivity index (χ0n) is 40.9. The Morgan fingerprint density at radius 2 is 1.66 bits per heavy atom. The standard InChI is InChI=1S/C55H57N3O13S2/c1-6-57-44-25-21-36(72-71-70-65)30-42(44)54(2,3)47(57)16-9-7-10-17-48-55(4,5)43-31-37(73(66,67)68)22-26-45(43)58(48)27-12-8-11-18-49(60)56-32-34-14-13-15-40-50(39-24-20-35(59)29-46(39)69-51(34)40)38-23-19-33(52(61)62)28-41(38)53(63)64/h7,9-10,13,15-17,19-26,28-31,47,59,65H,6,8,11-12,14,18,27,32H2,1-5H3,(H,56,60)(H,61,62)(H,63,64)(H,66,67,68). The van der Waals surface area contributed by atoms with E-state index in [2.05, 4.69) is 51.3 Å². The molecule has 73 heavy (non-hydrogen) atoms. The summed E-state index contributed by atoms with van der Waals surface area (Å²) in [5.74, 6) is -2.15. The third-order valence-electron chi connectivity index (χ3n) is 14.0. The molecule has 3 heterocycles. The smallest absolute Gasteiger partial charge is 0.336 e. The number of allylic oxidation sites excluding steroid dienone is 7. The van der Waals surface area contributed by atoms with Gasteiger partial charge in [0.05, 0.1) is 34.1 Å². The van der Waals surface area contributed by atoms with Crippen molar-refractivity contribution in [1.29, 1.82) is 0 Å². The number of hydrogen-bond acceptors (Lipinski definition) is 13. The number of carboxylic acid groups (broad SMARTS) is 2. The van der Waals surface area contributed by atoms with Gasteiger partial charge in [-0.3, -0.25) is 9.35 Å². The van der Waals surface area contributed by atoms with Crippen LogP contribution in [0.3, 0.4) is 0 Å². The lowest BCUT2D eigenvalue weighted by Gasteiger charge is -2.31. The summed E-state index contributed by atoms with van der Waals surface area (Å²) < 4.78 is 45.5. The minimum atomic E-state index is -4.46. The Morgan fingerprint density at radius 3 is 2.38 bits per heavy atom. The van der Waals surface area contributed by atoms with E-state index in [9.17, 15) is 42.7 Å². The number of aromatic hydroxyl groups is 1. The van der Waals surface area contributed by atoms with Crippen molar-refractivity contribution < 1.29 is 62.0 Å². The van der Waals surface area contributed by atoms with Gasteiger partial charge >= 0.3 is 11.9 Å². The van der Waals surface area contributed by atoms with Gasteiger partial charge in [-0.1, -0.05) is 81.7 Å². The molecule has 4 aromatic rings. The number of rotatable bonds is 19. The fraction of sp³-hybridized carbons (Fsp3) is 0.291. The van der Waals surface area contributed by atoms with Crippen LogP contribution < -0.4 is 19.9 Å². The number of likely N-dealkylation sites (N-methyl/N-ethyl adjacent to an activating group) is 1. The van der Waals surface area contributed by atoms with Gasteiger partial charge in [-0.2, -0.15) is 8.42 Å². The number of phenolic OH excluding ortho intramolecular Hbond substituents is 1. The van der Waals surface area contributed by atoms with Crippen molar-refractivity contribution in [3.8, 4) is 11.5 Å². The van der Waals surface area contributed by atoms with Crippen LogP contribution in [0, 0.1) is 0 Å². The first-order chi connectivity index (χ1) is 34.8. The molecule has 0 aromatic heterocycles. The van der Waals surface area contributed by atoms with Crippen LogP contribution >= 0.6 is 12.0 Å². The van der Waals surface area contributed by atoms with Crippen molar-refractivity contribution in [2.75, 3.05) is 29.4 Å². The summed E-state index contributed by atoms with van der Waals surface area (Å²) in [6.45, 7) is 12.0. The van der Waals surface area contributed by atoms with Gasteiger partial charge < -0.3 is 35.2 Å². The Morgan fingerprint density at radius 1 is 0.890 bits per heavy atom. The third kappa shape index (κ3) is 10.6. The molecule has 0 radical (unpaired) electrons. The Labute approximate surface area is 428 Å². The molecule has 0 saturated heterocycles. The molecule has 382 valence electrons. The van der Waals surface area contributed by atoms with Gasteiger partial charge in [0.25, 0.3) is 10.1 Å². The number of hydrogen-bond donors (Lipinski definition) is 6. The number of carbonyl (C=O) groups excluding carboxylic acids is 1. The SMILES string of the molecule is CCN1c2ccc(SOOO)cc2C(C)(C)C1C=CC=CC=C1N(CCCCCC(=O)NCC2=C3Oc4cc(O)ccc4C(c4ccc(C(=O)O)cc4C(=O)O)=C3C=CC2)c2ccc(S(=O)(=O)O)cc2C1(C)C. The topological polar surface area (TPSA) is 233 Å². The second-order valence-electron chi connectivity index (χ2n) is 19.2. The van der Waals surface area contributed by atoms with Crippen LogP contribution in [0.5, 0.6) is 11.5 Å². The van der Waals surface area contributed by atoms with E-state index in [1.165, 1.54) is 36.4 Å². The fourth-order valence-electron chi connectivity index (χ4n) is 10.3. The number of fused-ring (bicyclic) bond motifs is 4. The second-order valence-corrected chi connectivity index (χ2v) is 21.4. The summed E-state index contributed by atoms with van der Waals surface area (Å²) in [5, 5.41) is 45.6. The van der Waals surface area contributed by atoms with Crippen molar-refractivity contribution in [2.24, 2.45) is 0 Å². The molecule has 1 amide bonds. The van der Waals surface area contributed by atoms with Crippen LogP contribution in [0.4, 0.5) is 11.4 Å². The number of amides is 1. The molecule has 0 fully saturated rings. The molecule has 1 aliphatic carbocycles. The van der Waals surface area contributed by atoms with Crippen molar-refractivity contribution >= 4 is 57.0 Å². The van der Waals surface area contributed by atoms with Crippen molar-refractivity contribution in [3.63, 3.8) is 0 Å². The first kappa shape index (κ1) is 52.4. The van der Waals surface area contributed by atoms with Gasteiger partial charge in [-0.25, -0.2) is 14.8 Å². The van der Waals surface area contributed by atoms with Crippen LogP contribution in [0.1, 0.15) is 110 Å². The lowest BCUT2D eigenvalue weighted by atomic mass is 9.80. The van der Waals surface area contributed by atoms with Gasteiger partial charge in [0.2, 0.25) is 5.91 Å². The quantitative estimate of drug-likeness (QED) is 0.0128. The molecule has 0 spiro atoms. The van der Waals surface area contributed by atoms with E-state index < -0.39 is 27.5 Å². The van der Waals surface area contributed by atoms with Crippen LogP contribution in [-0.2, 0) is 35.1 Å². The molecule has 4 aromatic carbocycles. The van der Waals surface area contributed by atoms with Crippen molar-refractivity contribution in [1.82, 2.24) is 5.32 Å². The van der Waals surface area contributed by atoms with E-state index in [0.29, 0.717) is 54.7 Å². The number of nitrogens with zero attached hydrogens (tertiary/aromatic N) is 2. The van der Waals surface area contributed by atoms with Crippen LogP contribution in [0.2, 0.25) is 0 Å². The molecular formula is C55H57N3O13S2. The number of ether oxygens (including phenoxy) is 1. The predicted molar refractivity (Wildman–Crippen MR) is 277 cm³/mol. The molecule has 8 rings (SSSR count). The Balaban J connectivity index is 0.946. The normalized spacial score (nSPS) is 18.1. The van der Waals surface area contributed by atoms with E-state index >= 15 is 0 Å². The number of nitrogens with one attached hydrogen (secondary N) is 1. The minimum absolute atomic E-state index is 0.0411. The highest BCUT2D eigenvalue weighted by atomic mass is 32.2. The number of phenols is 1. The van der Waals surface area contributed by atoms with Crippen LogP contribution in [0.25, 0.3) is 5.57 Å². The molecule has 1 unspecified atom stereocenters. The van der Waals surface area contributed by atoms with E-state index in [-0.39, 0.29) is 63.4 Å². The first-order valence-electron chi connectivity index (χ1n) is 23.8. The maximum absolute atomic E-state index is 13.4. The fourth-order valence-corrected chi connectivity index (χ4v) is 11.2. The Kier molecular flexibility index (Phi) is 15.3. The number of carboxylic acids is 2. The van der Waals surface area contributed by atoms with Gasteiger partial charge in [0, 0.05) is 81.6 Å². The molecular weight excluding hydrogens is 975 g/mol. The summed E-state index contributed by atoms with van der Waals surface area (Å²) >= 11 is 0.925. The third-order valence-corrected chi connectivity index (χ3v) is 15.4. The summed E-state index contributed by atoms with van der Waals surface area (Å²) in [6, 6.07) is 19.1. The average Bonchev–Trinajstić information content (AvgIpc) is 3.70. The lowest BCUT2D eigenvalue weighted by molar-refractivity contribution is -0.432. The monoisotopic (exact) mass is 1030 g/mol. The number of benzene rings is 4. The highest BCUT2D eigenvalue weighted by molar-refractivity contribution is 7.94. The summed E-state index contributed by atoms with van der Waals surface area (Å²) in [4.78, 5) is 42.7. The maximum atomic E-state index is 13.4. The zero-order valence-corrected chi connectivity index (χ0v) is 42.5. The maximum Gasteiger partial charge on any atom is 0.336 e. The Hall–Kier alpha value is -6.93. The lowest BCUT2D eigenvalue weighted by Crippen LogP contribution is -2.39. The van der Waals surface area contributed by atoms with E-state index in [4.69, 9.17) is 9.99 Å². The second kappa shape index (κ2) is 21.3. The summed E-state index contributed by atoms with van der Waals surface area (Å²) in [6.07, 6.45) is 16.5. The number of aromatic carboxylic acids is 2. The van der Waals surface area contributed by atoms with Gasteiger partial charge in [0.15, 0.2) is 0 Å². The zero-order chi connectivity index (χ0) is 52.4. The number of anilines is 2. The number of unbranched alkanes of at least 4 members (excludes halogenated alkanes) is 2. The molecule has 18 heteroatoms. The summed E-state index contributed by atoms with van der Waals surface area (Å²) in [7, 11) is -4.46. The minimum Gasteiger partial charge on any atom is -0.508 e. The molecule has 4 aliphatic rings. The largest absolute Gasteiger partial charge is 0.508 e. The molecule has 3 aliphatic heterocycles. The van der Waals surface area contributed by atoms with Gasteiger partial charge in [-0.05, 0) is 115 Å². The highest BCUT2D eigenvalue weighted by Crippen LogP contribution is 2.50. The Bertz CT molecular complexity index is 3190. The molecule has 0 saturated carbocycles. The van der Waals surface area contributed by atoms with Crippen LogP contribution in [0.15, 0.2) is 148 Å². The van der Waals surface area contributed by atoms with Gasteiger partial charge in [0.1, 0.15) is 17.3 Å². The van der Waals surface area contributed by atoms with E-state index in [1.807, 2.05) is 68.5 Å². The number of carbonyl (C=O) groups is 3. The molecule has 6 N–H and O–H groups in total. The van der Waals surface area contributed by atoms with E-state index in [1.54, 1.807) is 12.1 Å². The van der Waals surface area contributed by atoms with Gasteiger partial charge in [-0.15, -0.1) is 4.33 Å². The van der Waals surface area contributed by atoms with Crippen molar-refractivity contribution in [2.45, 2.75) is 93.4 Å². The van der Waals surface area contributed by atoms with E-state index in [0.717, 1.165) is 63.3 Å².